The van der Waals surface area contributed by atoms with Crippen LogP contribution in [0, 0.1) is 29.6 Å². The van der Waals surface area contributed by atoms with E-state index in [4.69, 9.17) is 0 Å². The Morgan fingerprint density at radius 2 is 2.20 bits per heavy atom. The standard InChI is InChI=1S/C13H12O2/c14-12-11-7-4-2-1-3-5-9-13(12,15)10-6-8-11/h1,3,11,15H,6-8,10H2/b3-1-. The molecule has 0 radical (unpaired) electrons. The van der Waals surface area contributed by atoms with Gasteiger partial charge in [-0.25, -0.2) is 0 Å². The lowest BCUT2D eigenvalue weighted by Gasteiger charge is -2.30. The second-order valence-electron chi connectivity index (χ2n) is 3.94. The molecular weight excluding hydrogens is 188 g/mol. The summed E-state index contributed by atoms with van der Waals surface area (Å²) < 4.78 is 0. The van der Waals surface area contributed by atoms with Gasteiger partial charge in [0.1, 0.15) is 0 Å². The number of aliphatic hydroxyl groups is 1. The number of hydrogen-bond acceptors (Lipinski definition) is 2. The Labute approximate surface area is 89.4 Å². The third-order valence-electron chi connectivity index (χ3n) is 2.85. The second-order valence-corrected chi connectivity index (χ2v) is 3.94. The lowest BCUT2D eigenvalue weighted by atomic mass is 9.76. The molecule has 2 aliphatic rings. The van der Waals surface area contributed by atoms with Crippen molar-refractivity contribution in [2.45, 2.75) is 31.3 Å². The molecule has 76 valence electrons. The Kier molecular flexibility index (Phi) is 2.62. The van der Waals surface area contributed by atoms with Crippen molar-refractivity contribution >= 4 is 5.78 Å². The molecule has 2 bridgehead atoms. The van der Waals surface area contributed by atoms with Crippen LogP contribution in [0.2, 0.25) is 0 Å². The lowest BCUT2D eigenvalue weighted by Crippen LogP contribution is -2.44. The minimum Gasteiger partial charge on any atom is -0.371 e. The zero-order valence-corrected chi connectivity index (χ0v) is 8.42. The summed E-state index contributed by atoms with van der Waals surface area (Å²) in [5, 5.41) is 10.1. The first-order valence-electron chi connectivity index (χ1n) is 5.15. The largest absolute Gasteiger partial charge is 0.371 e. The van der Waals surface area contributed by atoms with Crippen molar-refractivity contribution in [1.82, 2.24) is 0 Å². The van der Waals surface area contributed by atoms with Gasteiger partial charge in [0.05, 0.1) is 0 Å². The van der Waals surface area contributed by atoms with Crippen molar-refractivity contribution in [2.75, 3.05) is 0 Å². The predicted molar refractivity (Wildman–Crippen MR) is 56.6 cm³/mol. The van der Waals surface area contributed by atoms with Crippen LogP contribution in [0.1, 0.15) is 25.7 Å². The molecule has 0 spiro atoms. The smallest absolute Gasteiger partial charge is 0.184 e. The Morgan fingerprint density at radius 3 is 3.07 bits per heavy atom. The van der Waals surface area contributed by atoms with Crippen molar-refractivity contribution < 1.29 is 9.90 Å². The van der Waals surface area contributed by atoms with Crippen LogP contribution in [-0.4, -0.2) is 16.5 Å². The molecule has 2 heteroatoms. The van der Waals surface area contributed by atoms with E-state index in [9.17, 15) is 9.90 Å². The van der Waals surface area contributed by atoms with E-state index in [1.807, 2.05) is 0 Å². The first kappa shape index (κ1) is 10.0. The zero-order chi connectivity index (χ0) is 10.7. The molecule has 2 atom stereocenters. The zero-order valence-electron chi connectivity index (χ0n) is 8.42. The molecule has 0 amide bonds. The Morgan fingerprint density at radius 1 is 1.40 bits per heavy atom. The van der Waals surface area contributed by atoms with Gasteiger partial charge in [-0.1, -0.05) is 23.7 Å². The molecule has 2 aliphatic carbocycles. The minimum atomic E-state index is -1.42. The summed E-state index contributed by atoms with van der Waals surface area (Å²) in [4.78, 5) is 11.9. The van der Waals surface area contributed by atoms with Gasteiger partial charge in [0.15, 0.2) is 11.4 Å². The van der Waals surface area contributed by atoms with Gasteiger partial charge in [0, 0.05) is 12.3 Å². The van der Waals surface area contributed by atoms with Crippen LogP contribution < -0.4 is 0 Å². The van der Waals surface area contributed by atoms with E-state index in [1.54, 1.807) is 12.2 Å². The van der Waals surface area contributed by atoms with E-state index < -0.39 is 5.60 Å². The molecule has 2 unspecified atom stereocenters. The molecule has 2 rings (SSSR count). The number of Topliss-reactive ketones (excluding diaryl/α,β-unsaturated/α-hetero) is 1. The first-order valence-corrected chi connectivity index (χ1v) is 5.15. The summed E-state index contributed by atoms with van der Waals surface area (Å²) in [5.74, 6) is 10.8. The van der Waals surface area contributed by atoms with E-state index in [-0.39, 0.29) is 11.7 Å². The lowest BCUT2D eigenvalue weighted by molar-refractivity contribution is -0.139. The Balaban J connectivity index is 2.38. The third kappa shape index (κ3) is 1.96. The highest BCUT2D eigenvalue weighted by molar-refractivity contribution is 5.93. The molecule has 0 aromatic carbocycles. The van der Waals surface area contributed by atoms with Crippen molar-refractivity contribution in [3.63, 3.8) is 0 Å². The van der Waals surface area contributed by atoms with Gasteiger partial charge in [-0.05, 0) is 31.4 Å². The molecule has 2 nitrogen and oxygen atoms in total. The quantitative estimate of drug-likeness (QED) is 0.593. The highest BCUT2D eigenvalue weighted by atomic mass is 16.3. The van der Waals surface area contributed by atoms with E-state index in [2.05, 4.69) is 23.7 Å². The highest BCUT2D eigenvalue weighted by Gasteiger charge is 2.41. The van der Waals surface area contributed by atoms with Gasteiger partial charge in [-0.15, -0.1) is 0 Å². The molecule has 1 N–H and O–H groups in total. The monoisotopic (exact) mass is 200 g/mol. The van der Waals surface area contributed by atoms with Gasteiger partial charge in [-0.3, -0.25) is 4.79 Å². The van der Waals surface area contributed by atoms with E-state index >= 15 is 0 Å². The van der Waals surface area contributed by atoms with Crippen molar-refractivity contribution in [2.24, 2.45) is 5.92 Å². The van der Waals surface area contributed by atoms with E-state index in [0.29, 0.717) is 12.8 Å². The summed E-state index contributed by atoms with van der Waals surface area (Å²) in [5.41, 5.74) is -1.42. The van der Waals surface area contributed by atoms with E-state index in [0.717, 1.165) is 12.8 Å². The van der Waals surface area contributed by atoms with Gasteiger partial charge in [0.2, 0.25) is 0 Å². The average Bonchev–Trinajstić information content (AvgIpc) is 2.21. The molecular formula is C13H12O2. The number of carbonyl (C=O) groups is 1. The molecule has 0 saturated heterocycles. The Bertz CT molecular complexity index is 425. The maximum atomic E-state index is 11.9. The number of ketones is 1. The fourth-order valence-electron chi connectivity index (χ4n) is 2.00. The number of fused-ring (bicyclic) bond motifs is 2. The summed E-state index contributed by atoms with van der Waals surface area (Å²) in [6.45, 7) is 0. The van der Waals surface area contributed by atoms with Gasteiger partial charge in [0.25, 0.3) is 0 Å². The van der Waals surface area contributed by atoms with Crippen LogP contribution in [0.15, 0.2) is 12.2 Å². The van der Waals surface area contributed by atoms with Crippen LogP contribution in [-0.2, 0) is 4.79 Å². The average molecular weight is 200 g/mol. The second kappa shape index (κ2) is 3.93. The summed E-state index contributed by atoms with van der Waals surface area (Å²) in [7, 11) is 0. The predicted octanol–water partition coefficient (Wildman–Crippen LogP) is 1.05. The number of allylic oxidation sites excluding steroid dienone is 2. The number of rotatable bonds is 0. The van der Waals surface area contributed by atoms with Gasteiger partial charge in [-0.2, -0.15) is 0 Å². The van der Waals surface area contributed by atoms with Crippen LogP contribution >= 0.6 is 0 Å². The summed E-state index contributed by atoms with van der Waals surface area (Å²) >= 11 is 0. The topological polar surface area (TPSA) is 37.3 Å². The molecule has 0 aromatic heterocycles. The summed E-state index contributed by atoms with van der Waals surface area (Å²) in [6, 6.07) is 0. The molecule has 15 heavy (non-hydrogen) atoms. The SMILES string of the molecule is O=C1C2CC#C/C=C\C#CC1(O)CCC2. The molecule has 0 aromatic rings. The van der Waals surface area contributed by atoms with Gasteiger partial charge < -0.3 is 5.11 Å². The maximum absolute atomic E-state index is 11.9. The molecule has 0 aliphatic heterocycles. The van der Waals surface area contributed by atoms with Crippen molar-refractivity contribution in [3.8, 4) is 23.7 Å². The maximum Gasteiger partial charge on any atom is 0.184 e. The van der Waals surface area contributed by atoms with Crippen molar-refractivity contribution in [1.29, 1.82) is 0 Å². The number of hydrogen-bond donors (Lipinski definition) is 1. The van der Waals surface area contributed by atoms with Crippen LogP contribution in [0.25, 0.3) is 0 Å². The van der Waals surface area contributed by atoms with Crippen molar-refractivity contribution in [3.05, 3.63) is 12.2 Å². The van der Waals surface area contributed by atoms with Crippen LogP contribution in [0.4, 0.5) is 0 Å². The van der Waals surface area contributed by atoms with Crippen LogP contribution in [0.3, 0.4) is 0 Å². The Hall–Kier alpha value is -1.51. The fourth-order valence-corrected chi connectivity index (χ4v) is 2.00. The summed E-state index contributed by atoms with van der Waals surface area (Å²) in [6.07, 6.45) is 5.88. The molecule has 1 saturated carbocycles. The van der Waals surface area contributed by atoms with E-state index in [1.165, 1.54) is 0 Å². The first-order chi connectivity index (χ1) is 7.22. The number of carbonyl (C=O) groups excluding carboxylic acids is 1. The van der Waals surface area contributed by atoms with Gasteiger partial charge >= 0.3 is 0 Å². The molecule has 1 fully saturated rings. The fraction of sp³-hybridized carbons (Fsp3) is 0.462. The molecule has 0 heterocycles. The third-order valence-corrected chi connectivity index (χ3v) is 2.85. The normalized spacial score (nSPS) is 35.5. The minimum absolute atomic E-state index is 0.142. The highest BCUT2D eigenvalue weighted by Crippen LogP contribution is 2.30. The van der Waals surface area contributed by atoms with Crippen LogP contribution in [0.5, 0.6) is 0 Å².